The second-order valence-corrected chi connectivity index (χ2v) is 10.5. The number of β-amino-alcohol motifs (C(OH)–C–C–N with tert-alkyl or cyclic N) is 1. The number of fused-ring (bicyclic) bond motifs is 3. The molecule has 196 valence electrons. The van der Waals surface area contributed by atoms with Crippen molar-refractivity contribution in [1.29, 1.82) is 0 Å². The van der Waals surface area contributed by atoms with Gasteiger partial charge in [-0.05, 0) is 23.8 Å². The van der Waals surface area contributed by atoms with Crippen LogP contribution in [0.25, 0.3) is 5.57 Å². The predicted molar refractivity (Wildman–Crippen MR) is 139 cm³/mol. The van der Waals surface area contributed by atoms with Crippen molar-refractivity contribution in [3.05, 3.63) is 75.8 Å². The molecule has 0 aromatic heterocycles. The van der Waals surface area contributed by atoms with Crippen molar-refractivity contribution in [3.63, 3.8) is 0 Å². The van der Waals surface area contributed by atoms with Gasteiger partial charge in [-0.1, -0.05) is 43.6 Å². The number of para-hydroxylation sites is 1. The van der Waals surface area contributed by atoms with Crippen LogP contribution in [0.15, 0.2) is 54.1 Å². The number of rotatable bonds is 7. The van der Waals surface area contributed by atoms with Crippen molar-refractivity contribution in [2.75, 3.05) is 27.3 Å². The molecule has 0 saturated carbocycles. The zero-order chi connectivity index (χ0) is 26.3. The van der Waals surface area contributed by atoms with E-state index in [1.165, 1.54) is 0 Å². The highest BCUT2D eigenvalue weighted by Gasteiger charge is 2.43. The molecule has 37 heavy (non-hydrogen) atoms. The van der Waals surface area contributed by atoms with E-state index in [2.05, 4.69) is 24.6 Å². The first-order valence-electron chi connectivity index (χ1n) is 12.2. The van der Waals surface area contributed by atoms with Gasteiger partial charge in [0.25, 0.3) is 0 Å². The first kappa shape index (κ1) is 25.4. The highest BCUT2D eigenvalue weighted by Crippen LogP contribution is 2.51. The lowest BCUT2D eigenvalue weighted by molar-refractivity contribution is -0.125. The van der Waals surface area contributed by atoms with Gasteiger partial charge in [0.15, 0.2) is 11.5 Å². The third-order valence-electron chi connectivity index (χ3n) is 7.42. The zero-order valence-corrected chi connectivity index (χ0v) is 22.0. The van der Waals surface area contributed by atoms with Crippen LogP contribution in [0.1, 0.15) is 43.1 Å². The minimum Gasteiger partial charge on any atom is -0.493 e. The van der Waals surface area contributed by atoms with E-state index in [-0.39, 0.29) is 12.2 Å². The van der Waals surface area contributed by atoms with E-state index in [1.54, 1.807) is 20.5 Å². The van der Waals surface area contributed by atoms with Gasteiger partial charge in [-0.3, -0.25) is 4.79 Å². The number of hydrogen-bond donors (Lipinski definition) is 3. The molecule has 1 saturated heterocycles. The van der Waals surface area contributed by atoms with Crippen molar-refractivity contribution in [2.45, 2.75) is 37.9 Å². The molecule has 2 unspecified atom stereocenters. The number of aliphatic hydroxyl groups is 1. The van der Waals surface area contributed by atoms with Crippen molar-refractivity contribution >= 4 is 23.0 Å². The summed E-state index contributed by atoms with van der Waals surface area (Å²) in [6.45, 7) is 4.95. The van der Waals surface area contributed by atoms with Gasteiger partial charge in [0.2, 0.25) is 0 Å². The van der Waals surface area contributed by atoms with Gasteiger partial charge in [0, 0.05) is 40.2 Å². The Morgan fingerprint density at radius 1 is 1.19 bits per heavy atom. The predicted octanol–water partition coefficient (Wildman–Crippen LogP) is 4.03. The summed E-state index contributed by atoms with van der Waals surface area (Å²) in [5, 5.41) is 14.0. The molecule has 0 spiro atoms. The summed E-state index contributed by atoms with van der Waals surface area (Å²) in [7, 11) is 3.21. The molecule has 3 aliphatic rings. The van der Waals surface area contributed by atoms with E-state index in [9.17, 15) is 9.90 Å². The monoisotopic (exact) mass is 526 g/mol. The maximum atomic E-state index is 13.3. The highest BCUT2D eigenvalue weighted by molar-refractivity contribution is 6.30. The molecule has 9 heteroatoms. The SMILES string of the molecule is COc1cccc(C(C)(C)C2OC(CC(=O)C3CNC[C@@H]3O)=C3NOC=C3c3ccc(Cl)cc32)c1OC. The fourth-order valence-corrected chi connectivity index (χ4v) is 5.59. The Morgan fingerprint density at radius 2 is 2.00 bits per heavy atom. The van der Waals surface area contributed by atoms with Crippen molar-refractivity contribution in [3.8, 4) is 11.5 Å². The molecule has 3 heterocycles. The Labute approximate surface area is 221 Å². The van der Waals surface area contributed by atoms with Crippen LogP contribution in [-0.2, 0) is 19.8 Å². The first-order chi connectivity index (χ1) is 17.8. The lowest BCUT2D eigenvalue weighted by Gasteiger charge is -2.37. The number of Topliss-reactive ketones (excluding diaryl/α,β-unsaturated/α-hetero) is 1. The number of aliphatic hydroxyl groups excluding tert-OH is 1. The maximum absolute atomic E-state index is 13.3. The van der Waals surface area contributed by atoms with E-state index >= 15 is 0 Å². The number of halogens is 1. The van der Waals surface area contributed by atoms with Crippen LogP contribution in [0.5, 0.6) is 11.5 Å². The van der Waals surface area contributed by atoms with Crippen LogP contribution in [0.2, 0.25) is 5.02 Å². The van der Waals surface area contributed by atoms with E-state index in [4.69, 9.17) is 30.6 Å². The largest absolute Gasteiger partial charge is 0.493 e. The van der Waals surface area contributed by atoms with Gasteiger partial charge in [-0.15, -0.1) is 0 Å². The normalized spacial score (nSPS) is 22.6. The second-order valence-electron chi connectivity index (χ2n) is 10.0. The summed E-state index contributed by atoms with van der Waals surface area (Å²) >= 11 is 6.49. The summed E-state index contributed by atoms with van der Waals surface area (Å²) in [4.78, 5) is 18.8. The fourth-order valence-electron chi connectivity index (χ4n) is 5.41. The van der Waals surface area contributed by atoms with Crippen LogP contribution in [0.4, 0.5) is 0 Å². The minimum atomic E-state index is -0.726. The van der Waals surface area contributed by atoms with Crippen LogP contribution >= 0.6 is 11.6 Å². The van der Waals surface area contributed by atoms with E-state index in [0.717, 1.165) is 22.3 Å². The molecule has 8 nitrogen and oxygen atoms in total. The quantitative estimate of drug-likeness (QED) is 0.497. The summed E-state index contributed by atoms with van der Waals surface area (Å²) in [6.07, 6.45) is 0.327. The van der Waals surface area contributed by atoms with Crippen LogP contribution < -0.4 is 20.3 Å². The van der Waals surface area contributed by atoms with Gasteiger partial charge in [-0.2, -0.15) is 0 Å². The number of ketones is 1. The number of ether oxygens (including phenoxy) is 3. The molecule has 5 rings (SSSR count). The summed E-state index contributed by atoms with van der Waals surface area (Å²) < 4.78 is 18.1. The molecule has 2 aromatic carbocycles. The molecule has 2 aromatic rings. The number of carbonyl (C=O) groups excluding carboxylic acids is 1. The van der Waals surface area contributed by atoms with Gasteiger partial charge < -0.3 is 29.5 Å². The van der Waals surface area contributed by atoms with E-state index < -0.39 is 23.5 Å². The summed E-state index contributed by atoms with van der Waals surface area (Å²) in [5.74, 6) is 1.06. The molecule has 0 bridgehead atoms. The lowest BCUT2D eigenvalue weighted by atomic mass is 9.74. The third-order valence-corrected chi connectivity index (χ3v) is 7.65. The van der Waals surface area contributed by atoms with Gasteiger partial charge in [0.1, 0.15) is 29.6 Å². The van der Waals surface area contributed by atoms with Crippen molar-refractivity contribution in [1.82, 2.24) is 10.8 Å². The second kappa shape index (κ2) is 9.93. The standard InChI is InChI=1S/C28H31ClN2O6/c1-28(2,20-6-5-7-23(34-3)26(20)35-4)27-17-10-15(29)8-9-16(17)19-14-36-31-25(19)24(37-27)11-21(32)18-12-30-13-22(18)33/h5-10,14,18,22,27,30-31,33H,11-13H2,1-4H3/t18?,22-,27?/m0/s1. The number of methoxy groups -OCH3 is 2. The number of hydrogen-bond acceptors (Lipinski definition) is 8. The number of carbonyl (C=O) groups is 1. The molecule has 0 aliphatic carbocycles. The smallest absolute Gasteiger partial charge is 0.164 e. The number of benzene rings is 2. The Bertz CT molecular complexity index is 1290. The number of hydroxylamine groups is 1. The minimum absolute atomic E-state index is 0.00398. The Morgan fingerprint density at radius 3 is 2.70 bits per heavy atom. The lowest BCUT2D eigenvalue weighted by Crippen LogP contribution is -2.31. The number of allylic oxidation sites excluding steroid dienone is 2. The van der Waals surface area contributed by atoms with Crippen LogP contribution in [0.3, 0.4) is 0 Å². The topological polar surface area (TPSA) is 98.3 Å². The third kappa shape index (κ3) is 4.43. The first-order valence-corrected chi connectivity index (χ1v) is 12.6. The Kier molecular flexibility index (Phi) is 6.83. The average Bonchev–Trinajstić information content (AvgIpc) is 3.52. The molecule has 3 N–H and O–H groups in total. The Hall–Kier alpha value is -3.20. The number of nitrogens with one attached hydrogen (secondary N) is 2. The molecular weight excluding hydrogens is 496 g/mol. The van der Waals surface area contributed by atoms with Gasteiger partial charge >= 0.3 is 0 Å². The van der Waals surface area contributed by atoms with E-state index in [0.29, 0.717) is 41.1 Å². The molecular formula is C28H31ClN2O6. The summed E-state index contributed by atoms with van der Waals surface area (Å²) in [5.41, 5.74) is 6.23. The van der Waals surface area contributed by atoms with Crippen molar-refractivity contribution in [2.24, 2.45) is 5.92 Å². The van der Waals surface area contributed by atoms with Crippen molar-refractivity contribution < 1.29 is 28.9 Å². The maximum Gasteiger partial charge on any atom is 0.164 e. The van der Waals surface area contributed by atoms with E-state index in [1.807, 2.05) is 36.4 Å². The summed E-state index contributed by atoms with van der Waals surface area (Å²) in [6, 6.07) is 11.4. The highest BCUT2D eigenvalue weighted by atomic mass is 35.5. The van der Waals surface area contributed by atoms with Crippen LogP contribution in [0, 0.1) is 5.92 Å². The van der Waals surface area contributed by atoms with Gasteiger partial charge in [-0.25, -0.2) is 5.48 Å². The fraction of sp³-hybridized carbons (Fsp3) is 0.393. The molecule has 1 fully saturated rings. The van der Waals surface area contributed by atoms with Gasteiger partial charge in [0.05, 0.1) is 32.7 Å². The Balaban J connectivity index is 1.64. The molecule has 3 atom stereocenters. The average molecular weight is 527 g/mol. The molecule has 0 radical (unpaired) electrons. The molecule has 0 amide bonds. The molecule has 3 aliphatic heterocycles. The zero-order valence-electron chi connectivity index (χ0n) is 21.3. The van der Waals surface area contributed by atoms with Crippen LogP contribution in [-0.4, -0.2) is 44.3 Å².